The lowest BCUT2D eigenvalue weighted by molar-refractivity contribution is -0.386. The summed E-state index contributed by atoms with van der Waals surface area (Å²) >= 11 is 6.24. The molecule has 19 heteroatoms. The number of allylic oxidation sites excluding steroid dienone is 1. The Morgan fingerprint density at radius 1 is 1.03 bits per heavy atom. The molecular formula is C47H50ClF2N7O8S. The summed E-state index contributed by atoms with van der Waals surface area (Å²) in [4.78, 5) is 38.4. The maximum Gasteiger partial charge on any atom is 0.312 e. The zero-order chi connectivity index (χ0) is 46.4. The van der Waals surface area contributed by atoms with Gasteiger partial charge in [-0.15, -0.1) is 0 Å². The molecule has 0 radical (unpaired) electrons. The van der Waals surface area contributed by atoms with Gasteiger partial charge in [0.05, 0.1) is 53.4 Å². The van der Waals surface area contributed by atoms with E-state index in [1.165, 1.54) is 29.0 Å². The molecule has 0 spiro atoms. The highest BCUT2D eigenvalue weighted by molar-refractivity contribution is 7.90. The lowest BCUT2D eigenvalue weighted by Gasteiger charge is -2.39. The summed E-state index contributed by atoms with van der Waals surface area (Å²) in [6.45, 7) is 8.25. The number of H-pyrrole nitrogens is 1. The Balaban J connectivity index is 0.919. The van der Waals surface area contributed by atoms with Crippen molar-refractivity contribution in [2.24, 2.45) is 5.41 Å². The van der Waals surface area contributed by atoms with Gasteiger partial charge in [-0.2, -0.15) is 0 Å². The van der Waals surface area contributed by atoms with Crippen LogP contribution in [0.1, 0.15) is 55.5 Å². The first-order chi connectivity index (χ1) is 31.5. The number of anilines is 1. The maximum atomic E-state index is 14.4. The van der Waals surface area contributed by atoms with Crippen LogP contribution in [0, 0.1) is 15.5 Å². The van der Waals surface area contributed by atoms with Crippen molar-refractivity contribution in [3.63, 3.8) is 0 Å². The largest absolute Gasteiger partial charge is 0.485 e. The first-order valence-electron chi connectivity index (χ1n) is 21.9. The summed E-state index contributed by atoms with van der Waals surface area (Å²) in [7, 11) is -4.71. The van der Waals surface area contributed by atoms with Gasteiger partial charge in [0.25, 0.3) is 21.9 Å². The Morgan fingerprint density at radius 3 is 2.53 bits per heavy atom. The molecule has 348 valence electrons. The van der Waals surface area contributed by atoms with Gasteiger partial charge in [0.1, 0.15) is 23.8 Å². The molecule has 66 heavy (non-hydrogen) atoms. The number of halogens is 3. The minimum atomic E-state index is -4.71. The summed E-state index contributed by atoms with van der Waals surface area (Å²) in [5.74, 6) is -3.94. The van der Waals surface area contributed by atoms with Crippen molar-refractivity contribution in [3.05, 3.63) is 117 Å². The number of nitro benzene ring substituents is 1. The molecule has 3 aliphatic heterocycles. The molecule has 15 nitrogen and oxygen atoms in total. The van der Waals surface area contributed by atoms with E-state index < -0.39 is 56.4 Å². The van der Waals surface area contributed by atoms with Crippen LogP contribution in [-0.2, 0) is 14.8 Å². The van der Waals surface area contributed by atoms with Crippen molar-refractivity contribution in [1.82, 2.24) is 24.5 Å². The van der Waals surface area contributed by atoms with E-state index in [1.54, 1.807) is 29.3 Å². The number of hydrogen-bond donors (Lipinski definition) is 2. The van der Waals surface area contributed by atoms with Crippen molar-refractivity contribution in [3.8, 4) is 17.2 Å². The average molecular weight is 946 g/mol. The molecule has 5 heterocycles. The number of aromatic nitrogens is 2. The number of amides is 1. The fourth-order valence-electron chi connectivity index (χ4n) is 9.25. The van der Waals surface area contributed by atoms with Crippen molar-refractivity contribution < 1.29 is 41.1 Å². The molecule has 4 aliphatic rings. The highest BCUT2D eigenvalue weighted by Crippen LogP contribution is 2.44. The number of aromatic amines is 1. The van der Waals surface area contributed by atoms with Crippen LogP contribution in [-0.4, -0.2) is 116 Å². The summed E-state index contributed by atoms with van der Waals surface area (Å²) in [6, 6.07) is 18.5. The number of sulfonamides is 1. The Bertz CT molecular complexity index is 2790. The van der Waals surface area contributed by atoms with Crippen LogP contribution in [0.5, 0.6) is 17.2 Å². The fourth-order valence-corrected chi connectivity index (χ4v) is 10.4. The van der Waals surface area contributed by atoms with Gasteiger partial charge in [0, 0.05) is 73.6 Å². The molecule has 9 rings (SSSR count). The molecule has 0 bridgehead atoms. The second-order valence-electron chi connectivity index (χ2n) is 18.3. The molecule has 1 amide bonds. The predicted molar refractivity (Wildman–Crippen MR) is 245 cm³/mol. The summed E-state index contributed by atoms with van der Waals surface area (Å²) in [5.41, 5.74) is 4.81. The van der Waals surface area contributed by atoms with Crippen LogP contribution in [0.4, 0.5) is 20.2 Å². The lowest BCUT2D eigenvalue weighted by Crippen LogP contribution is -2.52. The lowest BCUT2D eigenvalue weighted by atomic mass is 9.72. The highest BCUT2D eigenvalue weighted by atomic mass is 35.5. The smallest absolute Gasteiger partial charge is 0.312 e. The van der Waals surface area contributed by atoms with E-state index in [4.69, 9.17) is 25.8 Å². The third-order valence-electron chi connectivity index (χ3n) is 12.9. The predicted octanol–water partition coefficient (Wildman–Crippen LogP) is 8.31. The van der Waals surface area contributed by atoms with Crippen molar-refractivity contribution in [2.75, 3.05) is 64.0 Å². The van der Waals surface area contributed by atoms with Crippen LogP contribution in [0.3, 0.4) is 0 Å². The Kier molecular flexibility index (Phi) is 12.5. The van der Waals surface area contributed by atoms with Gasteiger partial charge in [-0.3, -0.25) is 24.7 Å². The number of carbonyl (C=O) groups is 1. The highest BCUT2D eigenvalue weighted by Gasteiger charge is 2.49. The molecule has 3 fully saturated rings. The van der Waals surface area contributed by atoms with Gasteiger partial charge >= 0.3 is 5.69 Å². The van der Waals surface area contributed by atoms with Gasteiger partial charge in [-0.25, -0.2) is 26.9 Å². The molecule has 5 aromatic rings. The van der Waals surface area contributed by atoms with Crippen LogP contribution in [0.2, 0.25) is 5.02 Å². The number of likely N-dealkylation sites (tertiary alicyclic amines) is 1. The monoisotopic (exact) mass is 945 g/mol. The van der Waals surface area contributed by atoms with Gasteiger partial charge in [0.2, 0.25) is 0 Å². The van der Waals surface area contributed by atoms with Gasteiger partial charge in [-0.1, -0.05) is 43.2 Å². The first kappa shape index (κ1) is 45.5. The number of fused-ring (bicyclic) bond motifs is 1. The van der Waals surface area contributed by atoms with Crippen LogP contribution >= 0.6 is 11.6 Å². The normalized spacial score (nSPS) is 20.3. The fraction of sp³-hybridized carbons (Fsp3) is 0.404. The SMILES string of the molecule is CC1(C)CCC(CN2CCN(c3ccc(C(=O)NS(=O)(=O)c4ccc(OC[C@@H]5CC(F)(F)CN5C5COC5)c([N+](=O)[O-])c4)c(Oc4cnc5[nH]ccc5c4)c3)CC2)=C(c2ccc(Cl)cc2)C1. The molecule has 1 atom stereocenters. The zero-order valence-corrected chi connectivity index (χ0v) is 38.0. The summed E-state index contributed by atoms with van der Waals surface area (Å²) in [6.07, 6.45) is 5.85. The third kappa shape index (κ3) is 10.0. The number of benzene rings is 3. The third-order valence-corrected chi connectivity index (χ3v) is 14.5. The number of nitrogens with one attached hydrogen (secondary N) is 2. The van der Waals surface area contributed by atoms with Crippen molar-refractivity contribution in [1.29, 1.82) is 0 Å². The number of ether oxygens (including phenoxy) is 3. The Hall–Kier alpha value is -5.66. The minimum Gasteiger partial charge on any atom is -0.485 e. The van der Waals surface area contributed by atoms with Crippen molar-refractivity contribution in [2.45, 2.75) is 62.4 Å². The molecule has 1 aliphatic carbocycles. The number of nitrogens with zero attached hydrogens (tertiary/aromatic N) is 5. The second-order valence-corrected chi connectivity index (χ2v) is 20.4. The van der Waals surface area contributed by atoms with Gasteiger partial charge in [0.15, 0.2) is 5.75 Å². The molecule has 0 unspecified atom stereocenters. The number of piperazine rings is 1. The molecule has 2 N–H and O–H groups in total. The van der Waals surface area contributed by atoms with Gasteiger partial charge in [-0.05, 0) is 84.3 Å². The van der Waals surface area contributed by atoms with E-state index in [2.05, 4.69) is 45.7 Å². The zero-order valence-electron chi connectivity index (χ0n) is 36.5. The van der Waals surface area contributed by atoms with E-state index in [0.717, 1.165) is 68.2 Å². The van der Waals surface area contributed by atoms with E-state index >= 15 is 0 Å². The number of nitro groups is 1. The second kappa shape index (κ2) is 18.2. The van der Waals surface area contributed by atoms with Gasteiger partial charge < -0.3 is 24.1 Å². The number of carbonyl (C=O) groups excluding carboxylic acids is 1. The van der Waals surface area contributed by atoms with E-state index in [0.29, 0.717) is 42.7 Å². The number of pyridine rings is 1. The molecule has 0 saturated carbocycles. The quantitative estimate of drug-likeness (QED) is 0.0807. The van der Waals surface area contributed by atoms with Crippen LogP contribution in [0.25, 0.3) is 16.6 Å². The molecule has 2 aromatic heterocycles. The maximum absolute atomic E-state index is 14.4. The van der Waals surface area contributed by atoms with E-state index in [9.17, 15) is 32.1 Å². The number of alkyl halides is 2. The van der Waals surface area contributed by atoms with Crippen LogP contribution < -0.4 is 19.1 Å². The number of hydrogen-bond acceptors (Lipinski definition) is 12. The average Bonchev–Trinajstić information content (AvgIpc) is 3.85. The summed E-state index contributed by atoms with van der Waals surface area (Å²) < 4.78 is 75.5. The Morgan fingerprint density at radius 2 is 1.80 bits per heavy atom. The standard InChI is InChI=1S/C47H50ClF2N7O8S/c1-46(2)13-11-32(40(23-46)30-3-5-33(48)6-4-30)25-54-15-17-55(18-16-54)34-7-9-39(43(20-34)65-37-19-31-12-14-51-44(31)52-24-37)45(58)53-66(61,62)38-8-10-42(41(21-38)57(59)60)64-28-35-22-47(49,50)29-56(35)36-26-63-27-36/h3-10,12,14,19-21,24,35-36H,11,13,15-18,22-23,25-29H2,1-2H3,(H,51,52)(H,53,58)/t35-/m0/s1. The number of rotatable bonds is 14. The van der Waals surface area contributed by atoms with E-state index in [1.807, 2.05) is 22.9 Å². The molecule has 3 aromatic carbocycles. The topological polar surface area (TPSA) is 172 Å². The summed E-state index contributed by atoms with van der Waals surface area (Å²) in [5, 5.41) is 13.6. The minimum absolute atomic E-state index is 0.0663. The molecular weight excluding hydrogens is 896 g/mol. The Labute approximate surface area is 385 Å². The van der Waals surface area contributed by atoms with Crippen LogP contribution in [0.15, 0.2) is 95.7 Å². The first-order valence-corrected chi connectivity index (χ1v) is 23.7. The van der Waals surface area contributed by atoms with Crippen molar-refractivity contribution >= 4 is 55.5 Å². The molecule has 3 saturated heterocycles. The van der Waals surface area contributed by atoms with E-state index in [-0.39, 0.29) is 35.1 Å².